The minimum Gasteiger partial charge on any atom is -0.293 e. The van der Waals surface area contributed by atoms with Gasteiger partial charge in [0.05, 0.1) is 0 Å². The molecule has 1 aromatic rings. The summed E-state index contributed by atoms with van der Waals surface area (Å²) in [5.74, 6) is -14.5. The lowest BCUT2D eigenvalue weighted by Gasteiger charge is -2.26. The van der Waals surface area contributed by atoms with Crippen molar-refractivity contribution in [3.63, 3.8) is 0 Å². The average Bonchev–Trinajstić information content (AvgIpc) is 2.50. The molecule has 0 fully saturated rings. The van der Waals surface area contributed by atoms with Gasteiger partial charge in [-0.15, -0.1) is 0 Å². The van der Waals surface area contributed by atoms with E-state index < -0.39 is 30.2 Å². The molecule has 0 radical (unpaired) electrons. The predicted octanol–water partition coefficient (Wildman–Crippen LogP) is 5.58. The molecular formula is C16H17F7O. The normalized spacial score (nSPS) is 13.1. The number of hydrogen-bond donors (Lipinski definition) is 0. The molecule has 0 aromatic heterocycles. The standard InChI is InChI=1S/C16H17F7O/c17-14(18,15(19,20)16(21,22)23)13(24)11-7-2-1-4-8-12-9-5-3-6-10-12/h3,5-6,9-10H,1-2,4,7-8,11H2. The van der Waals surface area contributed by atoms with Crippen molar-refractivity contribution in [1.82, 2.24) is 0 Å². The van der Waals surface area contributed by atoms with Crippen molar-refractivity contribution >= 4 is 5.78 Å². The topological polar surface area (TPSA) is 17.1 Å². The van der Waals surface area contributed by atoms with Crippen LogP contribution in [0.3, 0.4) is 0 Å². The molecule has 0 saturated heterocycles. The van der Waals surface area contributed by atoms with Crippen LogP contribution in [0.5, 0.6) is 0 Å². The summed E-state index contributed by atoms with van der Waals surface area (Å²) in [4.78, 5) is 11.1. The van der Waals surface area contributed by atoms with E-state index in [9.17, 15) is 35.5 Å². The lowest BCUT2D eigenvalue weighted by atomic mass is 10.00. The van der Waals surface area contributed by atoms with E-state index in [0.717, 1.165) is 12.0 Å². The van der Waals surface area contributed by atoms with Crippen LogP contribution in [0.25, 0.3) is 0 Å². The second kappa shape index (κ2) is 7.98. The first-order valence-corrected chi connectivity index (χ1v) is 7.39. The summed E-state index contributed by atoms with van der Waals surface area (Å²) in [7, 11) is 0. The molecule has 0 aliphatic heterocycles. The van der Waals surface area contributed by atoms with Crippen LogP contribution >= 0.6 is 0 Å². The molecule has 0 amide bonds. The number of benzene rings is 1. The molecule has 1 nitrogen and oxygen atoms in total. The number of hydrogen-bond acceptors (Lipinski definition) is 1. The Balaban J connectivity index is 2.35. The van der Waals surface area contributed by atoms with Crippen LogP contribution in [-0.2, 0) is 11.2 Å². The molecule has 0 atom stereocenters. The van der Waals surface area contributed by atoms with E-state index >= 15 is 0 Å². The number of rotatable bonds is 9. The maximum Gasteiger partial charge on any atom is 0.460 e. The summed E-state index contributed by atoms with van der Waals surface area (Å²) in [6.45, 7) is 0. The third-order valence-corrected chi connectivity index (χ3v) is 3.56. The SMILES string of the molecule is O=C(CCCCCCc1ccccc1)C(F)(F)C(F)(F)C(F)(F)F. The first-order chi connectivity index (χ1) is 11.0. The van der Waals surface area contributed by atoms with Crippen LogP contribution < -0.4 is 0 Å². The van der Waals surface area contributed by atoms with Crippen molar-refractivity contribution in [3.8, 4) is 0 Å². The van der Waals surface area contributed by atoms with E-state index in [4.69, 9.17) is 0 Å². The zero-order chi connectivity index (χ0) is 18.4. The molecular weight excluding hydrogens is 341 g/mol. The van der Waals surface area contributed by atoms with E-state index in [1.165, 1.54) is 0 Å². The zero-order valence-corrected chi connectivity index (χ0v) is 12.7. The summed E-state index contributed by atoms with van der Waals surface area (Å²) in [5, 5.41) is 0. The van der Waals surface area contributed by atoms with Gasteiger partial charge in [0, 0.05) is 6.42 Å². The number of unbranched alkanes of at least 4 members (excludes halogenated alkanes) is 3. The Morgan fingerprint density at radius 1 is 0.792 bits per heavy atom. The number of ketones is 1. The Morgan fingerprint density at radius 2 is 1.33 bits per heavy atom. The lowest BCUT2D eigenvalue weighted by molar-refractivity contribution is -0.343. The fourth-order valence-corrected chi connectivity index (χ4v) is 2.12. The number of halogens is 7. The first kappa shape index (κ1) is 20.4. The highest BCUT2D eigenvalue weighted by molar-refractivity contribution is 5.86. The van der Waals surface area contributed by atoms with Gasteiger partial charge in [-0.1, -0.05) is 43.2 Å². The second-order valence-electron chi connectivity index (χ2n) is 5.47. The Kier molecular flexibility index (Phi) is 6.80. The van der Waals surface area contributed by atoms with Gasteiger partial charge >= 0.3 is 18.0 Å². The van der Waals surface area contributed by atoms with Crippen molar-refractivity contribution in [1.29, 1.82) is 0 Å². The number of carbonyl (C=O) groups is 1. The maximum absolute atomic E-state index is 13.1. The summed E-state index contributed by atoms with van der Waals surface area (Å²) < 4.78 is 87.4. The first-order valence-electron chi connectivity index (χ1n) is 7.39. The molecule has 0 aliphatic rings. The highest BCUT2D eigenvalue weighted by Gasteiger charge is 2.75. The van der Waals surface area contributed by atoms with Crippen molar-refractivity contribution in [2.75, 3.05) is 0 Å². The minimum absolute atomic E-state index is 0.156. The Morgan fingerprint density at radius 3 is 1.88 bits per heavy atom. The molecule has 0 spiro atoms. The summed E-state index contributed by atoms with van der Waals surface area (Å²) in [6.07, 6.45) is -5.34. The van der Waals surface area contributed by atoms with Crippen LogP contribution in [0.1, 0.15) is 37.7 Å². The van der Waals surface area contributed by atoms with E-state index in [2.05, 4.69) is 0 Å². The zero-order valence-electron chi connectivity index (χ0n) is 12.7. The van der Waals surface area contributed by atoms with Gasteiger partial charge < -0.3 is 0 Å². The minimum atomic E-state index is -6.47. The monoisotopic (exact) mass is 358 g/mol. The van der Waals surface area contributed by atoms with Crippen LogP contribution in [0.4, 0.5) is 30.7 Å². The molecule has 0 unspecified atom stereocenters. The summed E-state index contributed by atoms with van der Waals surface area (Å²) in [5.41, 5.74) is 1.07. The van der Waals surface area contributed by atoms with Gasteiger partial charge in [0.2, 0.25) is 5.78 Å². The molecule has 0 bridgehead atoms. The molecule has 136 valence electrons. The maximum atomic E-state index is 13.1. The highest BCUT2D eigenvalue weighted by atomic mass is 19.4. The lowest BCUT2D eigenvalue weighted by Crippen LogP contribution is -2.56. The number of aryl methyl sites for hydroxylation is 1. The predicted molar refractivity (Wildman–Crippen MR) is 74.2 cm³/mol. The molecule has 0 heterocycles. The average molecular weight is 358 g/mol. The summed E-state index contributed by atoms with van der Waals surface area (Å²) in [6, 6.07) is 9.38. The largest absolute Gasteiger partial charge is 0.460 e. The Bertz CT molecular complexity index is 523. The third-order valence-electron chi connectivity index (χ3n) is 3.56. The van der Waals surface area contributed by atoms with Gasteiger partial charge in [-0.05, 0) is 24.8 Å². The molecule has 8 heteroatoms. The molecule has 0 saturated carbocycles. The van der Waals surface area contributed by atoms with E-state index in [1.54, 1.807) is 0 Å². The van der Waals surface area contributed by atoms with Crippen molar-refractivity contribution < 1.29 is 35.5 Å². The third kappa shape index (κ3) is 4.95. The van der Waals surface area contributed by atoms with Gasteiger partial charge in [-0.3, -0.25) is 4.79 Å². The molecule has 1 rings (SSSR count). The van der Waals surface area contributed by atoms with Crippen molar-refractivity contribution in [2.24, 2.45) is 0 Å². The number of Topliss-reactive ketones (excluding diaryl/α,β-unsaturated/α-hetero) is 1. The van der Waals surface area contributed by atoms with Gasteiger partial charge in [-0.2, -0.15) is 30.7 Å². The molecule has 0 aliphatic carbocycles. The fraction of sp³-hybridized carbons (Fsp3) is 0.562. The highest BCUT2D eigenvalue weighted by Crippen LogP contribution is 2.47. The van der Waals surface area contributed by atoms with E-state index in [-0.39, 0.29) is 6.42 Å². The van der Waals surface area contributed by atoms with Gasteiger partial charge in [0.25, 0.3) is 0 Å². The van der Waals surface area contributed by atoms with Gasteiger partial charge in [-0.25, -0.2) is 0 Å². The van der Waals surface area contributed by atoms with Gasteiger partial charge in [0.1, 0.15) is 0 Å². The smallest absolute Gasteiger partial charge is 0.293 e. The fourth-order valence-electron chi connectivity index (χ4n) is 2.12. The Hall–Kier alpha value is -1.60. The van der Waals surface area contributed by atoms with Crippen LogP contribution in [-0.4, -0.2) is 23.8 Å². The molecule has 1 aromatic carbocycles. The van der Waals surface area contributed by atoms with Crippen LogP contribution in [0, 0.1) is 0 Å². The van der Waals surface area contributed by atoms with Crippen molar-refractivity contribution in [2.45, 2.75) is 56.5 Å². The second-order valence-corrected chi connectivity index (χ2v) is 5.47. The van der Waals surface area contributed by atoms with E-state index in [0.29, 0.717) is 19.3 Å². The van der Waals surface area contributed by atoms with Crippen LogP contribution in [0.2, 0.25) is 0 Å². The van der Waals surface area contributed by atoms with Crippen LogP contribution in [0.15, 0.2) is 30.3 Å². The quantitative estimate of drug-likeness (QED) is 0.416. The number of carbonyl (C=O) groups excluding carboxylic acids is 1. The summed E-state index contributed by atoms with van der Waals surface area (Å²) >= 11 is 0. The number of alkyl halides is 7. The molecule has 24 heavy (non-hydrogen) atoms. The Labute approximate surface area is 134 Å². The van der Waals surface area contributed by atoms with Crippen molar-refractivity contribution in [3.05, 3.63) is 35.9 Å². The molecule has 0 N–H and O–H groups in total. The van der Waals surface area contributed by atoms with Gasteiger partial charge in [0.15, 0.2) is 0 Å². The van der Waals surface area contributed by atoms with E-state index in [1.807, 2.05) is 30.3 Å².